The molecular formula is C13H14ClNS. The molecule has 0 spiro atoms. The highest BCUT2D eigenvalue weighted by Crippen LogP contribution is 2.30. The summed E-state index contributed by atoms with van der Waals surface area (Å²) in [5.74, 6) is 0. The van der Waals surface area contributed by atoms with E-state index in [1.165, 1.54) is 16.0 Å². The van der Waals surface area contributed by atoms with E-state index in [0.29, 0.717) is 0 Å². The highest BCUT2D eigenvalue weighted by atomic mass is 35.5. The number of halogens is 1. The summed E-state index contributed by atoms with van der Waals surface area (Å²) in [4.78, 5) is 1.21. The summed E-state index contributed by atoms with van der Waals surface area (Å²) in [5.41, 5.74) is 8.25. The van der Waals surface area contributed by atoms with E-state index in [4.69, 9.17) is 17.3 Å². The van der Waals surface area contributed by atoms with E-state index >= 15 is 0 Å². The van der Waals surface area contributed by atoms with Crippen LogP contribution in [-0.2, 0) is 6.42 Å². The Morgan fingerprint density at radius 1 is 1.19 bits per heavy atom. The largest absolute Gasteiger partial charge is 0.328 e. The van der Waals surface area contributed by atoms with Gasteiger partial charge in [0.15, 0.2) is 0 Å². The molecule has 2 aromatic rings. The van der Waals surface area contributed by atoms with Gasteiger partial charge in [-0.25, -0.2) is 0 Å². The van der Waals surface area contributed by atoms with Crippen LogP contribution in [0.15, 0.2) is 36.4 Å². The first kappa shape index (κ1) is 11.6. The lowest BCUT2D eigenvalue weighted by molar-refractivity contribution is 0.738. The first-order valence-corrected chi connectivity index (χ1v) is 6.45. The molecule has 2 rings (SSSR count). The quantitative estimate of drug-likeness (QED) is 0.878. The van der Waals surface area contributed by atoms with Gasteiger partial charge in [0, 0.05) is 10.9 Å². The standard InChI is InChI=1S/C13H14ClNS/c1-9(15)8-10-2-4-11(5-3-10)12-6-7-13(14)16-12/h2-7,9H,8,15H2,1H3. The van der Waals surface area contributed by atoms with Crippen molar-refractivity contribution in [3.63, 3.8) is 0 Å². The zero-order valence-corrected chi connectivity index (χ0v) is 10.7. The van der Waals surface area contributed by atoms with Crippen LogP contribution in [0.3, 0.4) is 0 Å². The molecule has 0 radical (unpaired) electrons. The Morgan fingerprint density at radius 3 is 2.38 bits per heavy atom. The molecule has 1 heterocycles. The maximum Gasteiger partial charge on any atom is 0.0934 e. The normalized spacial score (nSPS) is 12.7. The first-order chi connectivity index (χ1) is 7.65. The van der Waals surface area contributed by atoms with Crippen molar-refractivity contribution in [2.24, 2.45) is 5.73 Å². The van der Waals surface area contributed by atoms with Gasteiger partial charge < -0.3 is 5.73 Å². The minimum absolute atomic E-state index is 0.210. The van der Waals surface area contributed by atoms with Gasteiger partial charge in [-0.2, -0.15) is 0 Å². The molecule has 1 aromatic heterocycles. The molecule has 84 valence electrons. The SMILES string of the molecule is CC(N)Cc1ccc(-c2ccc(Cl)s2)cc1. The van der Waals surface area contributed by atoms with Gasteiger partial charge in [-0.05, 0) is 36.6 Å². The fourth-order valence-electron chi connectivity index (χ4n) is 1.65. The molecule has 0 bridgehead atoms. The number of nitrogens with two attached hydrogens (primary N) is 1. The Bertz CT molecular complexity index is 459. The molecule has 2 N–H and O–H groups in total. The molecule has 1 unspecified atom stereocenters. The molecule has 16 heavy (non-hydrogen) atoms. The fraction of sp³-hybridized carbons (Fsp3) is 0.231. The summed E-state index contributed by atoms with van der Waals surface area (Å²) in [7, 11) is 0. The van der Waals surface area contributed by atoms with Crippen molar-refractivity contribution in [2.75, 3.05) is 0 Å². The number of benzene rings is 1. The third kappa shape index (κ3) is 2.85. The Labute approximate surface area is 105 Å². The lowest BCUT2D eigenvalue weighted by Crippen LogP contribution is -2.17. The highest BCUT2D eigenvalue weighted by molar-refractivity contribution is 7.19. The van der Waals surface area contributed by atoms with Gasteiger partial charge in [-0.15, -0.1) is 11.3 Å². The van der Waals surface area contributed by atoms with Gasteiger partial charge in [0.05, 0.1) is 4.34 Å². The molecular weight excluding hydrogens is 238 g/mol. The molecule has 0 fully saturated rings. The van der Waals surface area contributed by atoms with Gasteiger partial charge in [0.1, 0.15) is 0 Å². The van der Waals surface area contributed by atoms with E-state index in [9.17, 15) is 0 Å². The van der Waals surface area contributed by atoms with Crippen LogP contribution >= 0.6 is 22.9 Å². The van der Waals surface area contributed by atoms with Crippen molar-refractivity contribution in [1.29, 1.82) is 0 Å². The molecule has 1 atom stereocenters. The summed E-state index contributed by atoms with van der Waals surface area (Å²) in [6, 6.07) is 12.7. The minimum Gasteiger partial charge on any atom is -0.328 e. The number of thiophene rings is 1. The van der Waals surface area contributed by atoms with E-state index in [-0.39, 0.29) is 6.04 Å². The second-order valence-electron chi connectivity index (χ2n) is 3.98. The highest BCUT2D eigenvalue weighted by Gasteiger charge is 2.02. The maximum atomic E-state index is 5.91. The molecule has 0 aliphatic heterocycles. The Balaban J connectivity index is 2.19. The zero-order valence-electron chi connectivity index (χ0n) is 9.11. The predicted molar refractivity (Wildman–Crippen MR) is 72.1 cm³/mol. The van der Waals surface area contributed by atoms with E-state index in [1.807, 2.05) is 19.1 Å². The Morgan fingerprint density at radius 2 is 1.88 bits per heavy atom. The second-order valence-corrected chi connectivity index (χ2v) is 5.70. The van der Waals surface area contributed by atoms with E-state index in [2.05, 4.69) is 24.3 Å². The van der Waals surface area contributed by atoms with Crippen LogP contribution in [0.1, 0.15) is 12.5 Å². The average molecular weight is 252 g/mol. The third-order valence-electron chi connectivity index (χ3n) is 2.37. The molecule has 0 saturated carbocycles. The lowest BCUT2D eigenvalue weighted by atomic mass is 10.1. The maximum absolute atomic E-state index is 5.91. The molecule has 3 heteroatoms. The monoisotopic (exact) mass is 251 g/mol. The van der Waals surface area contributed by atoms with Gasteiger partial charge in [0.25, 0.3) is 0 Å². The fourth-order valence-corrected chi connectivity index (χ4v) is 2.69. The van der Waals surface area contributed by atoms with Crippen molar-refractivity contribution in [2.45, 2.75) is 19.4 Å². The van der Waals surface area contributed by atoms with Gasteiger partial charge in [0.2, 0.25) is 0 Å². The van der Waals surface area contributed by atoms with E-state index in [0.717, 1.165) is 10.8 Å². The summed E-state index contributed by atoms with van der Waals surface area (Å²) in [6.07, 6.45) is 0.922. The van der Waals surface area contributed by atoms with Crippen LogP contribution in [-0.4, -0.2) is 6.04 Å². The van der Waals surface area contributed by atoms with E-state index in [1.54, 1.807) is 11.3 Å². The Kier molecular flexibility index (Phi) is 3.64. The van der Waals surface area contributed by atoms with Gasteiger partial charge in [-0.3, -0.25) is 0 Å². The third-order valence-corrected chi connectivity index (χ3v) is 3.65. The van der Waals surface area contributed by atoms with Crippen molar-refractivity contribution >= 4 is 22.9 Å². The van der Waals surface area contributed by atoms with Crippen LogP contribution in [0.5, 0.6) is 0 Å². The minimum atomic E-state index is 0.210. The topological polar surface area (TPSA) is 26.0 Å². The second kappa shape index (κ2) is 5.00. The van der Waals surface area contributed by atoms with Crippen molar-refractivity contribution in [1.82, 2.24) is 0 Å². The van der Waals surface area contributed by atoms with Crippen LogP contribution in [0, 0.1) is 0 Å². The van der Waals surface area contributed by atoms with Crippen LogP contribution in [0.25, 0.3) is 10.4 Å². The van der Waals surface area contributed by atoms with Crippen LogP contribution in [0.4, 0.5) is 0 Å². The van der Waals surface area contributed by atoms with Crippen LogP contribution in [0.2, 0.25) is 4.34 Å². The smallest absolute Gasteiger partial charge is 0.0934 e. The first-order valence-electron chi connectivity index (χ1n) is 5.25. The number of hydrogen-bond acceptors (Lipinski definition) is 2. The number of rotatable bonds is 3. The summed E-state index contributed by atoms with van der Waals surface area (Å²) in [5, 5.41) is 0. The average Bonchev–Trinajstić information content (AvgIpc) is 2.65. The van der Waals surface area contributed by atoms with E-state index < -0.39 is 0 Å². The van der Waals surface area contributed by atoms with Crippen molar-refractivity contribution in [3.05, 3.63) is 46.3 Å². The summed E-state index contributed by atoms with van der Waals surface area (Å²) < 4.78 is 0.828. The van der Waals surface area contributed by atoms with Gasteiger partial charge >= 0.3 is 0 Å². The molecule has 1 aromatic carbocycles. The zero-order chi connectivity index (χ0) is 11.5. The van der Waals surface area contributed by atoms with Crippen LogP contribution < -0.4 is 5.73 Å². The molecule has 0 aliphatic carbocycles. The summed E-state index contributed by atoms with van der Waals surface area (Å²) in [6.45, 7) is 2.02. The van der Waals surface area contributed by atoms with Crippen molar-refractivity contribution < 1.29 is 0 Å². The predicted octanol–water partition coefficient (Wildman–Crippen LogP) is 3.96. The molecule has 1 nitrogen and oxygen atoms in total. The number of hydrogen-bond donors (Lipinski definition) is 1. The lowest BCUT2D eigenvalue weighted by Gasteiger charge is -2.05. The summed E-state index contributed by atoms with van der Waals surface area (Å²) >= 11 is 7.51. The molecule has 0 aliphatic rings. The van der Waals surface area contributed by atoms with Gasteiger partial charge in [-0.1, -0.05) is 35.9 Å². The molecule has 0 amide bonds. The Hall–Kier alpha value is -0.830. The van der Waals surface area contributed by atoms with Crippen molar-refractivity contribution in [3.8, 4) is 10.4 Å². The molecule has 0 saturated heterocycles.